The monoisotopic (exact) mass is 509 g/mol. The third-order valence-electron chi connectivity index (χ3n) is 6.21. The quantitative estimate of drug-likeness (QED) is 0.317. The fourth-order valence-electron chi connectivity index (χ4n) is 4.44. The number of aliphatic hydroxyl groups is 1. The number of nitrogens with zero attached hydrogens (tertiary/aromatic N) is 2. The van der Waals surface area contributed by atoms with Gasteiger partial charge in [0, 0.05) is 29.0 Å². The Labute approximate surface area is 208 Å². The fraction of sp³-hybridized carbons (Fsp3) is 0.111. The van der Waals surface area contributed by atoms with Crippen LogP contribution in [-0.2, 0) is 18.8 Å². The molecule has 36 heavy (non-hydrogen) atoms. The van der Waals surface area contributed by atoms with Gasteiger partial charge < -0.3 is 14.7 Å². The number of alkyl halides is 3. The number of hydrogen-bond donors (Lipinski definition) is 2. The summed E-state index contributed by atoms with van der Waals surface area (Å²) in [5, 5.41) is 13.3. The van der Waals surface area contributed by atoms with Gasteiger partial charge in [-0.05, 0) is 58.7 Å². The van der Waals surface area contributed by atoms with E-state index in [9.17, 15) is 23.1 Å². The molecule has 5 nitrogen and oxygen atoms in total. The Morgan fingerprint density at radius 3 is 2.28 bits per heavy atom. The van der Waals surface area contributed by atoms with E-state index < -0.39 is 17.3 Å². The van der Waals surface area contributed by atoms with E-state index in [4.69, 9.17) is 11.6 Å². The molecule has 0 aliphatic carbocycles. The zero-order valence-electron chi connectivity index (χ0n) is 18.8. The molecular weight excluding hydrogens is 491 g/mol. The molecule has 1 unspecified atom stereocenters. The van der Waals surface area contributed by atoms with Gasteiger partial charge in [0.05, 0.1) is 23.8 Å². The average molecular weight is 510 g/mol. The van der Waals surface area contributed by atoms with E-state index in [1.165, 1.54) is 30.7 Å². The molecule has 9 heteroatoms. The summed E-state index contributed by atoms with van der Waals surface area (Å²) in [6.07, 6.45) is -1.54. The van der Waals surface area contributed by atoms with Gasteiger partial charge in [0.2, 0.25) is 5.56 Å². The van der Waals surface area contributed by atoms with E-state index in [0.717, 1.165) is 12.1 Å². The van der Waals surface area contributed by atoms with Gasteiger partial charge in [0.15, 0.2) is 5.60 Å². The van der Waals surface area contributed by atoms with Crippen LogP contribution < -0.4 is 5.56 Å². The van der Waals surface area contributed by atoms with Crippen LogP contribution in [0.5, 0.6) is 0 Å². The number of aryl methyl sites for hydroxylation is 1. The molecule has 1 atom stereocenters. The smallest absolute Gasteiger partial charge is 0.374 e. The zero-order valence-corrected chi connectivity index (χ0v) is 19.6. The first-order valence-electron chi connectivity index (χ1n) is 10.9. The number of benzene rings is 3. The highest BCUT2D eigenvalue weighted by atomic mass is 35.5. The number of fused-ring (bicyclic) bond motifs is 1. The van der Waals surface area contributed by atoms with Crippen molar-refractivity contribution in [1.29, 1.82) is 0 Å². The lowest BCUT2D eigenvalue weighted by atomic mass is 9.82. The fourth-order valence-corrected chi connectivity index (χ4v) is 4.63. The SMILES string of the molecule is Cn1cncc1C(O)(c1ccc(C(F)(F)F)cc1)c1ccc2[nH]c(=O)cc(-c3cccc(Cl)c3)c2c1. The van der Waals surface area contributed by atoms with E-state index >= 15 is 0 Å². The summed E-state index contributed by atoms with van der Waals surface area (Å²) in [5.41, 5.74) is -0.178. The van der Waals surface area contributed by atoms with Crippen molar-refractivity contribution in [3.8, 4) is 11.1 Å². The van der Waals surface area contributed by atoms with Crippen LogP contribution in [0.15, 0.2) is 90.1 Å². The molecule has 0 fully saturated rings. The lowest BCUT2D eigenvalue weighted by molar-refractivity contribution is -0.137. The molecule has 0 amide bonds. The van der Waals surface area contributed by atoms with E-state index in [2.05, 4.69) is 9.97 Å². The highest BCUT2D eigenvalue weighted by Crippen LogP contribution is 2.40. The number of rotatable bonds is 4. The highest BCUT2D eigenvalue weighted by molar-refractivity contribution is 6.30. The van der Waals surface area contributed by atoms with E-state index in [0.29, 0.717) is 38.3 Å². The molecule has 0 radical (unpaired) electrons. The minimum Gasteiger partial charge on any atom is -0.374 e. The van der Waals surface area contributed by atoms with Gasteiger partial charge in [-0.2, -0.15) is 13.2 Å². The summed E-state index contributed by atoms with van der Waals surface area (Å²) in [5.74, 6) is 0. The van der Waals surface area contributed by atoms with Crippen molar-refractivity contribution in [2.24, 2.45) is 7.05 Å². The largest absolute Gasteiger partial charge is 0.416 e. The predicted octanol–water partition coefficient (Wildman–Crippen LogP) is 5.89. The van der Waals surface area contributed by atoms with Crippen LogP contribution in [0, 0.1) is 0 Å². The molecule has 182 valence electrons. The van der Waals surface area contributed by atoms with Gasteiger partial charge in [0.25, 0.3) is 0 Å². The molecule has 5 rings (SSSR count). The molecule has 0 saturated carbocycles. The Bertz CT molecular complexity index is 1640. The Balaban J connectivity index is 1.77. The summed E-state index contributed by atoms with van der Waals surface area (Å²) in [7, 11) is 1.69. The standard InChI is InChI=1S/C27H19ClF3N3O2/c1-34-15-32-14-24(34)26(36,17-5-7-18(8-6-17)27(29,30)31)19-9-10-23-22(12-19)21(13-25(35)33-23)16-3-2-4-20(28)11-16/h2-15,36H,1H3,(H,33,35). The van der Waals surface area contributed by atoms with Crippen LogP contribution in [0.3, 0.4) is 0 Å². The summed E-state index contributed by atoms with van der Waals surface area (Å²) in [4.78, 5) is 19.3. The molecule has 2 aromatic heterocycles. The molecular formula is C27H19ClF3N3O2. The first-order chi connectivity index (χ1) is 17.1. The normalized spacial score (nSPS) is 13.6. The minimum atomic E-state index is -4.51. The van der Waals surface area contributed by atoms with Crippen LogP contribution >= 0.6 is 11.6 Å². The number of hydrogen-bond acceptors (Lipinski definition) is 3. The van der Waals surface area contributed by atoms with Gasteiger partial charge in [-0.3, -0.25) is 4.79 Å². The van der Waals surface area contributed by atoms with Crippen molar-refractivity contribution in [2.45, 2.75) is 11.8 Å². The number of nitrogens with one attached hydrogen (secondary N) is 1. The van der Waals surface area contributed by atoms with Gasteiger partial charge in [-0.15, -0.1) is 0 Å². The third-order valence-corrected chi connectivity index (χ3v) is 6.45. The van der Waals surface area contributed by atoms with Crippen molar-refractivity contribution >= 4 is 22.5 Å². The maximum Gasteiger partial charge on any atom is 0.416 e. The first kappa shape index (κ1) is 23.8. The lowest BCUT2D eigenvalue weighted by Gasteiger charge is -2.30. The molecule has 0 aliphatic heterocycles. The van der Waals surface area contributed by atoms with Crippen molar-refractivity contribution < 1.29 is 18.3 Å². The molecule has 2 N–H and O–H groups in total. The van der Waals surface area contributed by atoms with Crippen LogP contribution in [0.4, 0.5) is 13.2 Å². The number of aromatic nitrogens is 3. The van der Waals surface area contributed by atoms with Crippen LogP contribution in [0.25, 0.3) is 22.0 Å². The molecule has 0 aliphatic rings. The van der Waals surface area contributed by atoms with Gasteiger partial charge in [-0.25, -0.2) is 4.98 Å². The second kappa shape index (κ2) is 8.65. The van der Waals surface area contributed by atoms with Gasteiger partial charge in [-0.1, -0.05) is 41.9 Å². The molecule has 2 heterocycles. The maximum atomic E-state index is 13.2. The lowest BCUT2D eigenvalue weighted by Crippen LogP contribution is -2.31. The zero-order chi connectivity index (χ0) is 25.7. The second-order valence-electron chi connectivity index (χ2n) is 8.49. The van der Waals surface area contributed by atoms with Crippen LogP contribution in [-0.4, -0.2) is 19.6 Å². The van der Waals surface area contributed by atoms with Crippen molar-refractivity contribution in [3.63, 3.8) is 0 Å². The summed E-state index contributed by atoms with van der Waals surface area (Å²) in [6.45, 7) is 0. The maximum absolute atomic E-state index is 13.2. The topological polar surface area (TPSA) is 70.9 Å². The van der Waals surface area contributed by atoms with Crippen molar-refractivity contribution in [3.05, 3.63) is 123 Å². The van der Waals surface area contributed by atoms with E-state index in [1.807, 2.05) is 6.07 Å². The van der Waals surface area contributed by atoms with E-state index in [1.54, 1.807) is 48.0 Å². The van der Waals surface area contributed by atoms with Crippen LogP contribution in [0.2, 0.25) is 5.02 Å². The molecule has 0 saturated heterocycles. The summed E-state index contributed by atoms with van der Waals surface area (Å²) >= 11 is 6.18. The number of imidazole rings is 1. The summed E-state index contributed by atoms with van der Waals surface area (Å²) in [6, 6.07) is 17.9. The minimum absolute atomic E-state index is 0.229. The summed E-state index contributed by atoms with van der Waals surface area (Å²) < 4.78 is 41.2. The molecule has 0 bridgehead atoms. The highest BCUT2D eigenvalue weighted by Gasteiger charge is 2.38. The average Bonchev–Trinajstić information content (AvgIpc) is 3.28. The predicted molar refractivity (Wildman–Crippen MR) is 132 cm³/mol. The molecule has 5 aromatic rings. The molecule has 3 aromatic carbocycles. The van der Waals surface area contributed by atoms with Gasteiger partial charge in [0.1, 0.15) is 0 Å². The van der Waals surface area contributed by atoms with Crippen molar-refractivity contribution in [2.75, 3.05) is 0 Å². The number of pyridine rings is 1. The second-order valence-corrected chi connectivity index (χ2v) is 8.93. The van der Waals surface area contributed by atoms with Crippen molar-refractivity contribution in [1.82, 2.24) is 14.5 Å². The Morgan fingerprint density at radius 1 is 0.944 bits per heavy atom. The van der Waals surface area contributed by atoms with Crippen LogP contribution in [0.1, 0.15) is 22.4 Å². The molecule has 0 spiro atoms. The van der Waals surface area contributed by atoms with Gasteiger partial charge >= 0.3 is 6.18 Å². The third kappa shape index (κ3) is 4.08. The first-order valence-corrected chi connectivity index (χ1v) is 11.3. The Kier molecular flexibility index (Phi) is 5.73. The Morgan fingerprint density at radius 2 is 1.64 bits per heavy atom. The number of H-pyrrole nitrogens is 1. The van der Waals surface area contributed by atoms with E-state index in [-0.39, 0.29) is 11.1 Å². The number of aromatic amines is 1. The number of halogens is 4. The Hall–Kier alpha value is -3.88.